The van der Waals surface area contributed by atoms with Crippen LogP contribution in [0.1, 0.15) is 5.56 Å². The lowest BCUT2D eigenvalue weighted by molar-refractivity contribution is 0.927. The van der Waals surface area contributed by atoms with Gasteiger partial charge in [-0.25, -0.2) is 14.4 Å². The van der Waals surface area contributed by atoms with Crippen molar-refractivity contribution >= 4 is 5.65 Å². The molecular weight excluding hydrogens is 142 g/mol. The molecule has 0 fully saturated rings. The van der Waals surface area contributed by atoms with Crippen LogP contribution in [0.5, 0.6) is 0 Å². The van der Waals surface area contributed by atoms with Crippen molar-refractivity contribution in [1.29, 1.82) is 0 Å². The van der Waals surface area contributed by atoms with Crippen LogP contribution in [0.2, 0.25) is 0 Å². The highest BCUT2D eigenvalue weighted by Crippen LogP contribution is 1.98. The fourth-order valence-corrected chi connectivity index (χ4v) is 1.01. The van der Waals surface area contributed by atoms with E-state index in [4.69, 9.17) is 0 Å². The first-order valence-electron chi connectivity index (χ1n) is 3.31. The molecule has 0 aromatic carbocycles. The first-order valence-corrected chi connectivity index (χ1v) is 3.31. The van der Waals surface area contributed by atoms with E-state index >= 15 is 0 Å². The van der Waals surface area contributed by atoms with E-state index in [1.807, 2.05) is 19.2 Å². The highest BCUT2D eigenvalue weighted by atomic mass is 16.1. The number of nitrogens with zero attached hydrogens (tertiary/aromatic N) is 2. The Morgan fingerprint density at radius 1 is 1.55 bits per heavy atom. The minimum absolute atomic E-state index is 0.310. The van der Waals surface area contributed by atoms with E-state index in [1.54, 1.807) is 10.6 Å². The van der Waals surface area contributed by atoms with E-state index in [1.165, 1.54) is 0 Å². The SMILES string of the molecule is Cc1ccc2nc(=O)[nH]n2c1. The third-order valence-corrected chi connectivity index (χ3v) is 1.51. The Hall–Kier alpha value is -1.58. The van der Waals surface area contributed by atoms with E-state index < -0.39 is 0 Å². The summed E-state index contributed by atoms with van der Waals surface area (Å²) >= 11 is 0. The number of aromatic amines is 1. The van der Waals surface area contributed by atoms with Gasteiger partial charge in [0.25, 0.3) is 0 Å². The molecule has 0 radical (unpaired) electrons. The zero-order chi connectivity index (χ0) is 7.84. The van der Waals surface area contributed by atoms with Gasteiger partial charge in [-0.1, -0.05) is 6.07 Å². The number of rotatable bonds is 0. The number of aryl methyl sites for hydroxylation is 1. The summed E-state index contributed by atoms with van der Waals surface area (Å²) in [6, 6.07) is 3.71. The van der Waals surface area contributed by atoms with Crippen LogP contribution in [0.4, 0.5) is 0 Å². The Morgan fingerprint density at radius 2 is 2.36 bits per heavy atom. The van der Waals surface area contributed by atoms with E-state index in [0.717, 1.165) is 5.56 Å². The zero-order valence-corrected chi connectivity index (χ0v) is 6.03. The molecule has 0 amide bonds. The summed E-state index contributed by atoms with van der Waals surface area (Å²) < 4.78 is 1.61. The minimum Gasteiger partial charge on any atom is -0.244 e. The molecule has 11 heavy (non-hydrogen) atoms. The number of pyridine rings is 1. The van der Waals surface area contributed by atoms with Crippen LogP contribution in [0.3, 0.4) is 0 Å². The molecule has 4 nitrogen and oxygen atoms in total. The Kier molecular flexibility index (Phi) is 1.09. The van der Waals surface area contributed by atoms with E-state index in [-0.39, 0.29) is 5.69 Å². The molecule has 4 heteroatoms. The average molecular weight is 149 g/mol. The quantitative estimate of drug-likeness (QED) is 0.586. The van der Waals surface area contributed by atoms with Crippen molar-refractivity contribution in [2.75, 3.05) is 0 Å². The summed E-state index contributed by atoms with van der Waals surface area (Å²) in [6.07, 6.45) is 1.82. The molecule has 2 heterocycles. The average Bonchev–Trinajstić information content (AvgIpc) is 2.27. The van der Waals surface area contributed by atoms with Crippen molar-refractivity contribution in [1.82, 2.24) is 14.6 Å². The van der Waals surface area contributed by atoms with Crippen molar-refractivity contribution in [2.24, 2.45) is 0 Å². The second-order valence-electron chi connectivity index (χ2n) is 2.46. The number of aromatic nitrogens is 3. The van der Waals surface area contributed by atoms with Crippen LogP contribution in [0.15, 0.2) is 23.1 Å². The Labute approximate surface area is 62.5 Å². The molecule has 0 bridgehead atoms. The number of hydrogen-bond acceptors (Lipinski definition) is 2. The van der Waals surface area contributed by atoms with Crippen LogP contribution < -0.4 is 5.69 Å². The predicted octanol–water partition coefficient (Wildman–Crippen LogP) is 0.331. The van der Waals surface area contributed by atoms with Crippen molar-refractivity contribution < 1.29 is 0 Å². The van der Waals surface area contributed by atoms with Crippen molar-refractivity contribution in [3.8, 4) is 0 Å². The Bertz CT molecular complexity index is 440. The number of fused-ring (bicyclic) bond motifs is 1. The third-order valence-electron chi connectivity index (χ3n) is 1.51. The molecule has 0 saturated heterocycles. The minimum atomic E-state index is -0.310. The van der Waals surface area contributed by atoms with Gasteiger partial charge in [0, 0.05) is 6.20 Å². The standard InChI is InChI=1S/C7H7N3O/c1-5-2-3-6-8-7(11)9-10(6)4-5/h2-4H,1H3,(H,9,11). The van der Waals surface area contributed by atoms with Gasteiger partial charge in [-0.2, -0.15) is 4.98 Å². The van der Waals surface area contributed by atoms with Gasteiger partial charge in [-0.3, -0.25) is 0 Å². The second kappa shape index (κ2) is 1.95. The summed E-state index contributed by atoms with van der Waals surface area (Å²) in [5.41, 5.74) is 1.43. The molecule has 0 atom stereocenters. The first kappa shape index (κ1) is 6.15. The van der Waals surface area contributed by atoms with Gasteiger partial charge >= 0.3 is 5.69 Å². The van der Waals surface area contributed by atoms with Gasteiger partial charge in [0.1, 0.15) is 0 Å². The molecule has 1 N–H and O–H groups in total. The third kappa shape index (κ3) is 0.920. The Balaban J connectivity index is 2.92. The van der Waals surface area contributed by atoms with Gasteiger partial charge in [0.15, 0.2) is 5.65 Å². The number of H-pyrrole nitrogens is 1. The van der Waals surface area contributed by atoms with Crippen LogP contribution in [0, 0.1) is 6.92 Å². The smallest absolute Gasteiger partial charge is 0.244 e. The van der Waals surface area contributed by atoms with Crippen molar-refractivity contribution in [3.05, 3.63) is 34.4 Å². The molecule has 2 aromatic rings. The normalized spacial score (nSPS) is 10.6. The largest absolute Gasteiger partial charge is 0.362 e. The molecule has 56 valence electrons. The Morgan fingerprint density at radius 3 is 3.18 bits per heavy atom. The highest BCUT2D eigenvalue weighted by Gasteiger charge is 1.94. The molecule has 0 aliphatic carbocycles. The summed E-state index contributed by atoms with van der Waals surface area (Å²) in [6.45, 7) is 1.96. The molecule has 0 spiro atoms. The topological polar surface area (TPSA) is 50.2 Å². The molecule has 0 aliphatic heterocycles. The maximum absolute atomic E-state index is 10.7. The fraction of sp³-hybridized carbons (Fsp3) is 0.143. The van der Waals surface area contributed by atoms with Crippen LogP contribution in [-0.2, 0) is 0 Å². The van der Waals surface area contributed by atoms with Gasteiger partial charge in [-0.05, 0) is 18.6 Å². The lowest BCUT2D eigenvalue weighted by Crippen LogP contribution is -2.01. The van der Waals surface area contributed by atoms with Gasteiger partial charge in [-0.15, -0.1) is 0 Å². The van der Waals surface area contributed by atoms with Crippen molar-refractivity contribution in [2.45, 2.75) is 6.92 Å². The summed E-state index contributed by atoms with van der Waals surface area (Å²) in [5.74, 6) is 0. The number of hydrogen-bond donors (Lipinski definition) is 1. The zero-order valence-electron chi connectivity index (χ0n) is 6.03. The maximum atomic E-state index is 10.7. The van der Waals surface area contributed by atoms with Gasteiger partial charge in [0.05, 0.1) is 0 Å². The van der Waals surface area contributed by atoms with Crippen LogP contribution in [-0.4, -0.2) is 14.6 Å². The van der Waals surface area contributed by atoms with Crippen LogP contribution >= 0.6 is 0 Å². The van der Waals surface area contributed by atoms with Crippen LogP contribution in [0.25, 0.3) is 5.65 Å². The molecule has 0 saturated carbocycles. The van der Waals surface area contributed by atoms with Crippen molar-refractivity contribution in [3.63, 3.8) is 0 Å². The summed E-state index contributed by atoms with van der Waals surface area (Å²) in [7, 11) is 0. The summed E-state index contributed by atoms with van der Waals surface area (Å²) in [4.78, 5) is 14.4. The van der Waals surface area contributed by atoms with Gasteiger partial charge < -0.3 is 0 Å². The van der Waals surface area contributed by atoms with E-state index in [2.05, 4.69) is 10.1 Å². The number of nitrogens with one attached hydrogen (secondary N) is 1. The molecule has 2 aromatic heterocycles. The highest BCUT2D eigenvalue weighted by molar-refractivity contribution is 5.36. The second-order valence-corrected chi connectivity index (χ2v) is 2.46. The maximum Gasteiger partial charge on any atom is 0.362 e. The van der Waals surface area contributed by atoms with E-state index in [9.17, 15) is 4.79 Å². The monoisotopic (exact) mass is 149 g/mol. The molecule has 0 aliphatic rings. The fourth-order valence-electron chi connectivity index (χ4n) is 1.01. The lowest BCUT2D eigenvalue weighted by Gasteiger charge is -1.92. The first-order chi connectivity index (χ1) is 5.25. The molecule has 2 rings (SSSR count). The lowest BCUT2D eigenvalue weighted by atomic mass is 10.3. The summed E-state index contributed by atoms with van der Waals surface area (Å²) in [5, 5.41) is 2.55. The molecular formula is C7H7N3O. The molecule has 0 unspecified atom stereocenters. The predicted molar refractivity (Wildman–Crippen MR) is 40.5 cm³/mol. The van der Waals surface area contributed by atoms with Gasteiger partial charge in [0.2, 0.25) is 0 Å². The van der Waals surface area contributed by atoms with E-state index in [0.29, 0.717) is 5.65 Å².